The first-order valence-corrected chi connectivity index (χ1v) is 25.1. The number of hydrogen-bond donors (Lipinski definition) is 0. The average Bonchev–Trinajstić information content (AvgIpc) is 4.18. The molecule has 0 aliphatic carbocycles. The first-order valence-electron chi connectivity index (χ1n) is 23.5. The molecule has 70 heavy (non-hydrogen) atoms. The van der Waals surface area contributed by atoms with Crippen LogP contribution in [0.2, 0.25) is 0 Å². The van der Waals surface area contributed by atoms with Crippen LogP contribution in [-0.2, 0) is 0 Å². The predicted octanol–water partition coefficient (Wildman–Crippen LogP) is 10.1. The fraction of sp³-hybridized carbons (Fsp3) is 0.0667. The molecule has 0 bridgehead atoms. The number of fused-ring (bicyclic) bond motifs is 3. The summed E-state index contributed by atoms with van der Waals surface area (Å²) in [6, 6.07) is 72.5. The number of rotatable bonds is 11. The van der Waals surface area contributed by atoms with Crippen molar-refractivity contribution in [2.45, 2.75) is 20.8 Å². The van der Waals surface area contributed by atoms with E-state index in [4.69, 9.17) is 9.97 Å². The lowest BCUT2D eigenvalue weighted by molar-refractivity contribution is 0.836. The normalized spacial score (nSPS) is 12.4. The number of thiazole rings is 2. The van der Waals surface area contributed by atoms with E-state index in [0.717, 1.165) is 86.3 Å². The van der Waals surface area contributed by atoms with Crippen LogP contribution in [0.25, 0.3) is 59.7 Å². The largest absolute Gasteiger partial charge is 0.375 e. The molecule has 0 radical (unpaired) electrons. The summed E-state index contributed by atoms with van der Waals surface area (Å²) in [5.41, 5.74) is 10.5. The van der Waals surface area contributed by atoms with Crippen LogP contribution in [0.1, 0.15) is 35.1 Å². The van der Waals surface area contributed by atoms with Crippen molar-refractivity contribution in [2.24, 2.45) is 5.92 Å². The van der Waals surface area contributed by atoms with Crippen LogP contribution in [0.15, 0.2) is 200 Å². The molecule has 0 N–H and O–H groups in total. The number of aryl methyl sites for hydroxylation is 1. The highest BCUT2D eigenvalue weighted by Gasteiger charge is 2.37. The minimum absolute atomic E-state index is 0.156. The molecular weight excluding hydrogens is 890 g/mol. The molecular formula is C60H44B2N6S2. The molecule has 7 aromatic carbocycles. The van der Waals surface area contributed by atoms with Crippen molar-refractivity contribution in [3.05, 3.63) is 232 Å². The van der Waals surface area contributed by atoms with Crippen molar-refractivity contribution >= 4 is 107 Å². The lowest BCUT2D eigenvalue weighted by Gasteiger charge is -2.24. The van der Waals surface area contributed by atoms with Gasteiger partial charge in [0.1, 0.15) is 33.3 Å². The Labute approximate surface area is 415 Å². The minimum Gasteiger partial charge on any atom is -0.375 e. The lowest BCUT2D eigenvalue weighted by atomic mass is 9.50. The quantitative estimate of drug-likeness (QED) is 0.121. The van der Waals surface area contributed by atoms with E-state index in [1.165, 1.54) is 22.7 Å². The van der Waals surface area contributed by atoms with E-state index < -0.39 is 13.7 Å². The SMILES string of the molecule is Cc1ccccc1-c1c2/c(=C(\C#N)c3nc4ccccc4s3)n(B(c3ccccc3)c3ccccc3)c(/C=C/C(C)C)c2/c(=C(\C#N)c2nc3ccccc3s2)n1B(c1ccccc1)c1ccccc1. The highest BCUT2D eigenvalue weighted by molar-refractivity contribution is 7.20. The molecule has 11 aromatic rings. The molecule has 6 nitrogen and oxygen atoms in total. The van der Waals surface area contributed by atoms with Crippen LogP contribution in [0, 0.1) is 35.5 Å². The molecule has 10 heteroatoms. The van der Waals surface area contributed by atoms with Gasteiger partial charge in [-0.3, -0.25) is 0 Å². The number of hydrogen-bond acceptors (Lipinski definition) is 6. The number of allylic oxidation sites excluding steroid dienone is 1. The number of nitriles is 2. The molecule has 0 aliphatic rings. The maximum absolute atomic E-state index is 12.0. The molecule has 332 valence electrons. The fourth-order valence-corrected chi connectivity index (χ4v) is 11.8. The monoisotopic (exact) mass is 934 g/mol. The van der Waals surface area contributed by atoms with Crippen molar-refractivity contribution in [3.63, 3.8) is 0 Å². The molecule has 11 rings (SSSR count). The lowest BCUT2D eigenvalue weighted by Crippen LogP contribution is -2.54. The molecule has 0 atom stereocenters. The second-order valence-corrected chi connectivity index (χ2v) is 19.8. The Balaban J connectivity index is 1.51. The third kappa shape index (κ3) is 7.88. The zero-order valence-corrected chi connectivity index (χ0v) is 40.5. The molecule has 0 spiro atoms. The van der Waals surface area contributed by atoms with Crippen molar-refractivity contribution in [1.29, 1.82) is 10.5 Å². The summed E-state index contributed by atoms with van der Waals surface area (Å²) in [5, 5.41) is 28.5. The fourth-order valence-electron chi connectivity index (χ4n) is 9.88. The minimum atomic E-state index is -0.438. The summed E-state index contributed by atoms with van der Waals surface area (Å²) < 4.78 is 6.75. The van der Waals surface area contributed by atoms with Crippen LogP contribution >= 0.6 is 22.7 Å². The van der Waals surface area contributed by atoms with E-state index in [-0.39, 0.29) is 5.92 Å². The van der Waals surface area contributed by atoms with E-state index in [1.54, 1.807) is 0 Å². The van der Waals surface area contributed by atoms with Crippen LogP contribution in [-0.4, -0.2) is 32.6 Å². The third-order valence-corrected chi connectivity index (χ3v) is 15.0. The van der Waals surface area contributed by atoms with Gasteiger partial charge < -0.3 is 8.96 Å². The van der Waals surface area contributed by atoms with Gasteiger partial charge in [-0.25, -0.2) is 9.97 Å². The number of nitrogens with zero attached hydrogens (tertiary/aromatic N) is 6. The highest BCUT2D eigenvalue weighted by atomic mass is 32.1. The molecule has 0 saturated carbocycles. The van der Waals surface area contributed by atoms with Gasteiger partial charge in [-0.05, 0) is 48.7 Å². The molecule has 0 fully saturated rings. The van der Waals surface area contributed by atoms with Crippen molar-refractivity contribution in [2.75, 3.05) is 0 Å². The van der Waals surface area contributed by atoms with Crippen molar-refractivity contribution < 1.29 is 0 Å². The van der Waals surface area contributed by atoms with Gasteiger partial charge in [0, 0.05) is 27.7 Å². The summed E-state index contributed by atoms with van der Waals surface area (Å²) in [4.78, 5) is 10.5. The van der Waals surface area contributed by atoms with Gasteiger partial charge in [0.25, 0.3) is 0 Å². The van der Waals surface area contributed by atoms with Gasteiger partial charge >= 0.3 is 13.7 Å². The van der Waals surface area contributed by atoms with E-state index in [9.17, 15) is 10.5 Å². The number of para-hydroxylation sites is 2. The molecule has 0 saturated heterocycles. The smallest absolute Gasteiger partial charge is 0.328 e. The van der Waals surface area contributed by atoms with Crippen LogP contribution in [0.4, 0.5) is 0 Å². The van der Waals surface area contributed by atoms with Crippen LogP contribution in [0.5, 0.6) is 0 Å². The molecule has 0 aliphatic heterocycles. The number of benzene rings is 7. The maximum atomic E-state index is 12.0. The molecule has 0 unspecified atom stereocenters. The van der Waals surface area contributed by atoms with E-state index in [2.05, 4.69) is 187 Å². The summed E-state index contributed by atoms with van der Waals surface area (Å²) >= 11 is 3.05. The average molecular weight is 935 g/mol. The zero-order valence-electron chi connectivity index (χ0n) is 38.9. The van der Waals surface area contributed by atoms with Crippen molar-refractivity contribution in [1.82, 2.24) is 18.9 Å². The van der Waals surface area contributed by atoms with Gasteiger partial charge in [-0.1, -0.05) is 212 Å². The van der Waals surface area contributed by atoms with E-state index in [0.29, 0.717) is 21.2 Å². The topological polar surface area (TPSA) is 83.2 Å². The van der Waals surface area contributed by atoms with Crippen LogP contribution in [0.3, 0.4) is 0 Å². The van der Waals surface area contributed by atoms with E-state index >= 15 is 0 Å². The van der Waals surface area contributed by atoms with Gasteiger partial charge in [0.15, 0.2) is 0 Å². The van der Waals surface area contributed by atoms with Gasteiger partial charge in [-0.2, -0.15) is 10.5 Å². The first kappa shape index (κ1) is 44.2. The maximum Gasteiger partial charge on any atom is 0.328 e. The summed E-state index contributed by atoms with van der Waals surface area (Å²) in [5.74, 6) is 0.156. The Morgan fingerprint density at radius 2 is 0.914 bits per heavy atom. The Morgan fingerprint density at radius 3 is 1.34 bits per heavy atom. The Morgan fingerprint density at radius 1 is 0.514 bits per heavy atom. The van der Waals surface area contributed by atoms with Crippen molar-refractivity contribution in [3.8, 4) is 23.4 Å². The summed E-state index contributed by atoms with van der Waals surface area (Å²) in [7, 11) is 0. The Hall–Kier alpha value is -8.27. The van der Waals surface area contributed by atoms with Gasteiger partial charge in [-0.15, -0.1) is 22.7 Å². The summed E-state index contributed by atoms with van der Waals surface area (Å²) in [6.45, 7) is 5.65. The predicted molar refractivity (Wildman–Crippen MR) is 295 cm³/mol. The van der Waals surface area contributed by atoms with E-state index in [1.807, 2.05) is 60.7 Å². The molecule has 4 aromatic heterocycles. The Bertz CT molecular complexity index is 3730. The molecule has 4 heterocycles. The number of aromatic nitrogens is 4. The molecule has 0 amide bonds. The van der Waals surface area contributed by atoms with Crippen LogP contribution < -0.4 is 32.5 Å². The second-order valence-electron chi connectivity index (χ2n) is 17.7. The first-order chi connectivity index (χ1) is 34.4. The highest BCUT2D eigenvalue weighted by Crippen LogP contribution is 2.36. The third-order valence-electron chi connectivity index (χ3n) is 12.9. The second kappa shape index (κ2) is 19.0. The van der Waals surface area contributed by atoms with Gasteiger partial charge in [0.2, 0.25) is 0 Å². The van der Waals surface area contributed by atoms with Gasteiger partial charge in [0.05, 0.1) is 31.1 Å². The summed E-state index contributed by atoms with van der Waals surface area (Å²) in [6.07, 6.45) is 4.46. The zero-order chi connectivity index (χ0) is 47.7. The Kier molecular flexibility index (Phi) is 12.0. The standard InChI is InChI=1S/C60H44B2N6S2/c1-40(2)36-37-51-54-55(58(48(39-64)60-66-50-33-19-21-35-53(50)70-60)67(51)61(42-23-8-4-9-24-42)43-25-10-5-11-26-43)56(46-31-17-16-22-41(46)3)68(62(44-27-12-6-13-28-44)45-29-14-7-15-30-45)57(54)47(38-63)59-65-49-32-18-20-34-52(49)69-59/h4-37,40H,1-3H3/b37-36+,57-47-,58-48-.